The fourth-order valence-corrected chi connectivity index (χ4v) is 5.60. The number of nitrogens with two attached hydrogens (primary N) is 1. The number of likely N-dealkylation sites (N-methyl/N-ethyl adjacent to an activating group) is 1. The minimum atomic E-state index is -0.885. The van der Waals surface area contributed by atoms with Crippen molar-refractivity contribution in [3.8, 4) is 6.07 Å². The first-order chi connectivity index (χ1) is 13.3. The normalized spacial score (nSPS) is 26.4. The Morgan fingerprint density at radius 3 is 2.50 bits per heavy atom. The van der Waals surface area contributed by atoms with Crippen LogP contribution in [0.25, 0.3) is 0 Å². The molecule has 2 atom stereocenters. The Morgan fingerprint density at radius 2 is 2.00 bits per heavy atom. The standard InChI is InChI=1S/C21H21ClN4OS/c1-20(17-15(22)8-11-28-17)16(18(27)26(2)19(24)25-20)13-4-6-14(7-5-13)21(12-23)9-3-10-21/h4-8,11,16H,3,9-10H2,1-2H3,(H2,24,25)/t16?,20-/m0/s1. The number of benzene rings is 1. The van der Waals surface area contributed by atoms with Crippen LogP contribution in [0.2, 0.25) is 5.02 Å². The third-order valence-corrected chi connectivity index (χ3v) is 7.69. The van der Waals surface area contributed by atoms with Crippen LogP contribution in [0.5, 0.6) is 0 Å². The van der Waals surface area contributed by atoms with Gasteiger partial charge in [-0.05, 0) is 48.8 Å². The zero-order valence-electron chi connectivity index (χ0n) is 15.8. The summed E-state index contributed by atoms with van der Waals surface area (Å²) in [5.74, 6) is -0.483. The first-order valence-electron chi connectivity index (χ1n) is 9.20. The van der Waals surface area contributed by atoms with Gasteiger partial charge in [0, 0.05) is 7.05 Å². The number of guanidine groups is 1. The number of carbonyl (C=O) groups excluding carboxylic acids is 1. The lowest BCUT2D eigenvalue weighted by atomic mass is 9.65. The van der Waals surface area contributed by atoms with Gasteiger partial charge in [-0.25, -0.2) is 4.99 Å². The molecule has 0 saturated heterocycles. The fourth-order valence-electron chi connectivity index (χ4n) is 4.22. The predicted octanol–water partition coefficient (Wildman–Crippen LogP) is 4.13. The quantitative estimate of drug-likeness (QED) is 0.822. The molecule has 1 aromatic carbocycles. The molecular formula is C21H21ClN4OS. The van der Waals surface area contributed by atoms with Crippen LogP contribution in [0.3, 0.4) is 0 Å². The van der Waals surface area contributed by atoms with Gasteiger partial charge in [-0.2, -0.15) is 5.26 Å². The van der Waals surface area contributed by atoms with Gasteiger partial charge in [0.1, 0.15) is 5.54 Å². The first kappa shape index (κ1) is 19.0. The number of hydrogen-bond donors (Lipinski definition) is 1. The van der Waals surface area contributed by atoms with E-state index in [1.165, 1.54) is 16.2 Å². The number of aliphatic imine (C=N–C) groups is 1. The maximum Gasteiger partial charge on any atom is 0.239 e. The average molecular weight is 413 g/mol. The van der Waals surface area contributed by atoms with Crippen LogP contribution in [-0.4, -0.2) is 23.8 Å². The Morgan fingerprint density at radius 1 is 1.32 bits per heavy atom. The Bertz CT molecular complexity index is 1000. The number of carbonyl (C=O) groups is 1. The van der Waals surface area contributed by atoms with Crippen molar-refractivity contribution in [2.24, 2.45) is 10.7 Å². The van der Waals surface area contributed by atoms with Gasteiger partial charge in [-0.1, -0.05) is 35.9 Å². The van der Waals surface area contributed by atoms with Gasteiger partial charge in [0.05, 0.1) is 27.3 Å². The molecule has 1 unspecified atom stereocenters. The minimum Gasteiger partial charge on any atom is -0.369 e. The second-order valence-corrected chi connectivity index (χ2v) is 9.04. The molecule has 1 aromatic heterocycles. The highest BCUT2D eigenvalue weighted by Crippen LogP contribution is 2.49. The molecule has 1 amide bonds. The van der Waals surface area contributed by atoms with E-state index in [9.17, 15) is 10.1 Å². The summed E-state index contributed by atoms with van der Waals surface area (Å²) in [6, 6.07) is 12.1. The topological polar surface area (TPSA) is 82.5 Å². The predicted molar refractivity (Wildman–Crippen MR) is 111 cm³/mol. The summed E-state index contributed by atoms with van der Waals surface area (Å²) >= 11 is 7.89. The van der Waals surface area contributed by atoms with E-state index in [1.54, 1.807) is 7.05 Å². The van der Waals surface area contributed by atoms with Crippen molar-refractivity contribution < 1.29 is 4.79 Å². The van der Waals surface area contributed by atoms with Crippen LogP contribution >= 0.6 is 22.9 Å². The van der Waals surface area contributed by atoms with Gasteiger partial charge in [-0.3, -0.25) is 9.69 Å². The van der Waals surface area contributed by atoms with Crippen LogP contribution < -0.4 is 5.73 Å². The molecule has 2 aliphatic rings. The molecule has 2 aromatic rings. The number of thiophene rings is 1. The van der Waals surface area contributed by atoms with E-state index in [0.29, 0.717) is 5.02 Å². The van der Waals surface area contributed by atoms with Crippen molar-refractivity contribution in [2.75, 3.05) is 7.05 Å². The Balaban J connectivity index is 1.81. The third-order valence-electron chi connectivity index (χ3n) is 6.12. The molecule has 0 bridgehead atoms. The van der Waals surface area contributed by atoms with E-state index < -0.39 is 11.5 Å². The van der Waals surface area contributed by atoms with Crippen LogP contribution in [0.1, 0.15) is 48.1 Å². The Labute approximate surface area is 173 Å². The third kappa shape index (κ3) is 2.65. The molecule has 0 spiro atoms. The molecule has 1 saturated carbocycles. The number of nitrogens with zero attached hydrogens (tertiary/aromatic N) is 3. The Hall–Kier alpha value is -2.36. The van der Waals surface area contributed by atoms with E-state index in [2.05, 4.69) is 6.07 Å². The van der Waals surface area contributed by atoms with Crippen molar-refractivity contribution in [2.45, 2.75) is 43.1 Å². The van der Waals surface area contributed by atoms with Gasteiger partial charge in [0.2, 0.25) is 5.91 Å². The van der Waals surface area contributed by atoms with E-state index in [0.717, 1.165) is 35.3 Å². The van der Waals surface area contributed by atoms with Crippen LogP contribution in [0.15, 0.2) is 40.7 Å². The van der Waals surface area contributed by atoms with Gasteiger partial charge in [-0.15, -0.1) is 11.3 Å². The van der Waals surface area contributed by atoms with Crippen molar-refractivity contribution in [1.29, 1.82) is 5.26 Å². The van der Waals surface area contributed by atoms with Crippen LogP contribution in [0.4, 0.5) is 0 Å². The summed E-state index contributed by atoms with van der Waals surface area (Å²) in [5.41, 5.74) is 6.64. The summed E-state index contributed by atoms with van der Waals surface area (Å²) in [7, 11) is 1.64. The average Bonchev–Trinajstić information content (AvgIpc) is 3.07. The lowest BCUT2D eigenvalue weighted by Gasteiger charge is -2.40. The van der Waals surface area contributed by atoms with E-state index in [1.807, 2.05) is 42.6 Å². The molecule has 1 aliphatic heterocycles. The van der Waals surface area contributed by atoms with E-state index in [-0.39, 0.29) is 17.3 Å². The van der Waals surface area contributed by atoms with E-state index >= 15 is 0 Å². The van der Waals surface area contributed by atoms with Crippen molar-refractivity contribution in [3.63, 3.8) is 0 Å². The molecule has 7 heteroatoms. The van der Waals surface area contributed by atoms with E-state index in [4.69, 9.17) is 22.3 Å². The molecular weight excluding hydrogens is 392 g/mol. The summed E-state index contributed by atoms with van der Waals surface area (Å²) < 4.78 is 0. The van der Waals surface area contributed by atoms with Crippen LogP contribution in [0, 0.1) is 11.3 Å². The number of halogens is 1. The number of rotatable bonds is 3. The van der Waals surface area contributed by atoms with Gasteiger partial charge in [0.25, 0.3) is 0 Å². The Kier molecular flexibility index (Phi) is 4.48. The number of hydrogen-bond acceptors (Lipinski definition) is 5. The van der Waals surface area contributed by atoms with Gasteiger partial charge < -0.3 is 5.73 Å². The van der Waals surface area contributed by atoms with Gasteiger partial charge >= 0.3 is 0 Å². The van der Waals surface area contributed by atoms with Crippen molar-refractivity contribution >= 4 is 34.8 Å². The molecule has 2 N–H and O–H groups in total. The molecule has 1 aliphatic carbocycles. The van der Waals surface area contributed by atoms with Crippen molar-refractivity contribution in [1.82, 2.24) is 4.90 Å². The largest absolute Gasteiger partial charge is 0.369 e. The smallest absolute Gasteiger partial charge is 0.239 e. The maximum absolute atomic E-state index is 13.2. The summed E-state index contributed by atoms with van der Waals surface area (Å²) in [5, 5.41) is 12.1. The molecule has 0 radical (unpaired) electrons. The highest BCUT2D eigenvalue weighted by Gasteiger charge is 2.49. The number of amides is 1. The monoisotopic (exact) mass is 412 g/mol. The molecule has 5 nitrogen and oxygen atoms in total. The highest BCUT2D eigenvalue weighted by molar-refractivity contribution is 7.10. The summed E-state index contributed by atoms with van der Waals surface area (Å²) in [6.07, 6.45) is 2.85. The fraction of sp³-hybridized carbons (Fsp3) is 0.381. The zero-order valence-corrected chi connectivity index (χ0v) is 17.3. The second-order valence-electron chi connectivity index (χ2n) is 7.71. The molecule has 4 rings (SSSR count). The van der Waals surface area contributed by atoms with Crippen molar-refractivity contribution in [3.05, 3.63) is 56.7 Å². The van der Waals surface area contributed by atoms with Crippen LogP contribution in [-0.2, 0) is 15.7 Å². The molecule has 2 heterocycles. The molecule has 28 heavy (non-hydrogen) atoms. The minimum absolute atomic E-state index is 0.120. The molecule has 1 fully saturated rings. The zero-order chi connectivity index (χ0) is 20.1. The second kappa shape index (κ2) is 6.61. The lowest BCUT2D eigenvalue weighted by Crippen LogP contribution is -2.52. The lowest BCUT2D eigenvalue weighted by molar-refractivity contribution is -0.130. The summed E-state index contributed by atoms with van der Waals surface area (Å²) in [4.78, 5) is 20.1. The maximum atomic E-state index is 13.2. The highest BCUT2D eigenvalue weighted by atomic mass is 35.5. The summed E-state index contributed by atoms with van der Waals surface area (Å²) in [6.45, 7) is 1.91. The molecule has 144 valence electrons. The van der Waals surface area contributed by atoms with Gasteiger partial charge in [0.15, 0.2) is 5.96 Å². The number of nitriles is 1. The first-order valence-corrected chi connectivity index (χ1v) is 10.5. The SMILES string of the molecule is CN1C(=O)C(c2ccc(C3(C#N)CCC3)cc2)[C@@](C)(c2sccc2Cl)N=C1N.